The first-order valence-corrected chi connectivity index (χ1v) is 6.17. The maximum Gasteiger partial charge on any atom is 0.186 e. The van der Waals surface area contributed by atoms with E-state index >= 15 is 0 Å². The van der Waals surface area contributed by atoms with Crippen LogP contribution in [0.4, 0.5) is 0 Å². The van der Waals surface area contributed by atoms with Gasteiger partial charge in [-0.3, -0.25) is 0 Å². The molecule has 0 heterocycles. The Bertz CT molecular complexity index is 538. The van der Waals surface area contributed by atoms with Crippen molar-refractivity contribution in [2.24, 2.45) is 0 Å². The zero-order valence-electron chi connectivity index (χ0n) is 9.29. The van der Waals surface area contributed by atoms with E-state index < -0.39 is 11.1 Å². The number of benzene rings is 2. The molecule has 0 aromatic heterocycles. The predicted molar refractivity (Wildman–Crippen MR) is 67.5 cm³/mol. The van der Waals surface area contributed by atoms with Gasteiger partial charge in [-0.05, 0) is 23.8 Å². The molecule has 0 aliphatic rings. The molecule has 2 aromatic carbocycles. The molecule has 1 atom stereocenters. The van der Waals surface area contributed by atoms with E-state index in [1.165, 1.54) is 0 Å². The van der Waals surface area contributed by atoms with Crippen molar-refractivity contribution in [3.63, 3.8) is 0 Å². The average Bonchev–Trinajstić information content (AvgIpc) is 2.39. The number of rotatable bonds is 3. The second-order valence-electron chi connectivity index (χ2n) is 3.48. The van der Waals surface area contributed by atoms with Crippen LogP contribution in [-0.4, -0.2) is 15.9 Å². The Balaban J connectivity index is 2.58. The summed E-state index contributed by atoms with van der Waals surface area (Å²) in [6, 6.07) is 14.6. The molecule has 0 saturated carbocycles. The third kappa shape index (κ3) is 2.54. The molecule has 0 radical (unpaired) electrons. The summed E-state index contributed by atoms with van der Waals surface area (Å²) in [6.07, 6.45) is 0. The van der Waals surface area contributed by atoms with Crippen LogP contribution in [0.15, 0.2) is 53.4 Å². The summed E-state index contributed by atoms with van der Waals surface area (Å²) in [7, 11) is 1.58. The molecule has 88 valence electrons. The van der Waals surface area contributed by atoms with Crippen molar-refractivity contribution in [1.29, 1.82) is 0 Å². The van der Waals surface area contributed by atoms with Crippen LogP contribution < -0.4 is 4.74 Å². The second kappa shape index (κ2) is 5.12. The molecule has 0 fully saturated rings. The molecule has 0 spiro atoms. The summed E-state index contributed by atoms with van der Waals surface area (Å²) in [5.74, 6) is 0.686. The smallest absolute Gasteiger partial charge is 0.186 e. The third-order valence-electron chi connectivity index (χ3n) is 2.46. The monoisotopic (exact) mass is 248 g/mol. The zero-order chi connectivity index (χ0) is 12.3. The fraction of sp³-hybridized carbons (Fsp3) is 0.0769. The second-order valence-corrected chi connectivity index (χ2v) is 4.45. The van der Waals surface area contributed by atoms with Gasteiger partial charge >= 0.3 is 0 Å². The Morgan fingerprint density at radius 1 is 1.12 bits per heavy atom. The van der Waals surface area contributed by atoms with Gasteiger partial charge in [0.05, 0.1) is 12.0 Å². The first-order chi connectivity index (χ1) is 8.22. The fourth-order valence-electron chi connectivity index (χ4n) is 1.64. The van der Waals surface area contributed by atoms with Gasteiger partial charge in [0.25, 0.3) is 0 Å². The van der Waals surface area contributed by atoms with Crippen LogP contribution >= 0.6 is 0 Å². The highest BCUT2D eigenvalue weighted by Gasteiger charge is 2.09. The molecule has 0 aliphatic heterocycles. The van der Waals surface area contributed by atoms with Gasteiger partial charge in [-0.25, -0.2) is 4.21 Å². The summed E-state index contributed by atoms with van der Waals surface area (Å²) in [6.45, 7) is 0. The molecule has 1 N–H and O–H groups in total. The molecule has 0 amide bonds. The molecule has 3 nitrogen and oxygen atoms in total. The lowest BCUT2D eigenvalue weighted by molar-refractivity contribution is 0.416. The van der Waals surface area contributed by atoms with Crippen molar-refractivity contribution in [2.45, 2.75) is 4.90 Å². The molecule has 2 aromatic rings. The summed E-state index contributed by atoms with van der Waals surface area (Å²) in [4.78, 5) is 0.365. The van der Waals surface area contributed by atoms with Gasteiger partial charge in [0, 0.05) is 5.56 Å². The number of methoxy groups -OCH3 is 1. The van der Waals surface area contributed by atoms with E-state index in [-0.39, 0.29) is 0 Å². The lowest BCUT2D eigenvalue weighted by Gasteiger charge is -2.09. The summed E-state index contributed by atoms with van der Waals surface area (Å²) in [5, 5.41) is 0. The minimum absolute atomic E-state index is 0.365. The van der Waals surface area contributed by atoms with Gasteiger partial charge in [0.15, 0.2) is 11.1 Å². The van der Waals surface area contributed by atoms with E-state index in [1.807, 2.05) is 30.3 Å². The van der Waals surface area contributed by atoms with E-state index in [0.29, 0.717) is 10.6 Å². The lowest BCUT2D eigenvalue weighted by Crippen LogP contribution is -1.92. The van der Waals surface area contributed by atoms with Crippen LogP contribution in [0.5, 0.6) is 5.75 Å². The fourth-order valence-corrected chi connectivity index (χ4v) is 2.04. The molecule has 17 heavy (non-hydrogen) atoms. The topological polar surface area (TPSA) is 46.5 Å². The van der Waals surface area contributed by atoms with Crippen molar-refractivity contribution in [3.8, 4) is 16.9 Å². The van der Waals surface area contributed by atoms with Crippen LogP contribution in [0.25, 0.3) is 11.1 Å². The van der Waals surface area contributed by atoms with Crippen LogP contribution in [0.1, 0.15) is 0 Å². The van der Waals surface area contributed by atoms with Crippen molar-refractivity contribution in [3.05, 3.63) is 48.5 Å². The largest absolute Gasteiger partial charge is 0.496 e. The minimum atomic E-state index is -1.98. The first-order valence-electron chi connectivity index (χ1n) is 5.06. The number of hydrogen-bond donors (Lipinski definition) is 1. The molecular weight excluding hydrogens is 236 g/mol. The SMILES string of the molecule is COc1ccc(S(=O)O)cc1-c1ccccc1. The Morgan fingerprint density at radius 2 is 1.82 bits per heavy atom. The minimum Gasteiger partial charge on any atom is -0.496 e. The van der Waals surface area contributed by atoms with Gasteiger partial charge in [-0.2, -0.15) is 0 Å². The zero-order valence-corrected chi connectivity index (χ0v) is 10.1. The predicted octanol–water partition coefficient (Wildman–Crippen LogP) is 2.94. The summed E-state index contributed by atoms with van der Waals surface area (Å²) in [5.41, 5.74) is 1.77. The maximum absolute atomic E-state index is 11.1. The third-order valence-corrected chi connectivity index (χ3v) is 3.11. The van der Waals surface area contributed by atoms with Gasteiger partial charge < -0.3 is 9.29 Å². The highest BCUT2D eigenvalue weighted by Crippen LogP contribution is 2.31. The standard InChI is InChI=1S/C13H12O3S/c1-16-13-8-7-11(17(14)15)9-12(13)10-5-3-2-4-6-10/h2-9H,1H3,(H,14,15). The Kier molecular flexibility index (Phi) is 3.56. The molecule has 0 saturated heterocycles. The highest BCUT2D eigenvalue weighted by molar-refractivity contribution is 7.79. The van der Waals surface area contributed by atoms with Crippen molar-refractivity contribution in [2.75, 3.05) is 7.11 Å². The molecule has 1 unspecified atom stereocenters. The summed E-state index contributed by atoms with van der Waals surface area (Å²) < 4.78 is 25.4. The molecule has 4 heteroatoms. The lowest BCUT2D eigenvalue weighted by atomic mass is 10.1. The van der Waals surface area contributed by atoms with Crippen molar-refractivity contribution < 1.29 is 13.5 Å². The first kappa shape index (κ1) is 11.8. The molecule has 0 aliphatic carbocycles. The normalized spacial score (nSPS) is 12.1. The van der Waals surface area contributed by atoms with Crippen LogP contribution in [-0.2, 0) is 11.1 Å². The van der Waals surface area contributed by atoms with Crippen LogP contribution in [0.2, 0.25) is 0 Å². The van der Waals surface area contributed by atoms with Crippen LogP contribution in [0, 0.1) is 0 Å². The van der Waals surface area contributed by atoms with E-state index in [9.17, 15) is 4.21 Å². The highest BCUT2D eigenvalue weighted by atomic mass is 32.2. The summed E-state index contributed by atoms with van der Waals surface area (Å²) >= 11 is -1.98. The number of hydrogen-bond acceptors (Lipinski definition) is 2. The molecular formula is C13H12O3S. The van der Waals surface area contributed by atoms with Gasteiger partial charge in [-0.15, -0.1) is 0 Å². The van der Waals surface area contributed by atoms with Crippen molar-refractivity contribution >= 4 is 11.1 Å². The molecule has 2 rings (SSSR count). The van der Waals surface area contributed by atoms with E-state index in [4.69, 9.17) is 9.29 Å². The van der Waals surface area contributed by atoms with Gasteiger partial charge in [0.1, 0.15) is 5.75 Å². The Hall–Kier alpha value is -1.65. The molecule has 0 bridgehead atoms. The van der Waals surface area contributed by atoms with Gasteiger partial charge in [-0.1, -0.05) is 30.3 Å². The van der Waals surface area contributed by atoms with Crippen molar-refractivity contribution in [1.82, 2.24) is 0 Å². The Labute approximate surface area is 102 Å². The van der Waals surface area contributed by atoms with E-state index in [1.54, 1.807) is 25.3 Å². The quantitative estimate of drug-likeness (QED) is 0.849. The van der Waals surface area contributed by atoms with Gasteiger partial charge in [0.2, 0.25) is 0 Å². The Morgan fingerprint density at radius 3 is 2.41 bits per heavy atom. The average molecular weight is 248 g/mol. The van der Waals surface area contributed by atoms with E-state index in [2.05, 4.69) is 0 Å². The van der Waals surface area contributed by atoms with E-state index in [0.717, 1.165) is 11.1 Å². The van der Waals surface area contributed by atoms with Crippen LogP contribution in [0.3, 0.4) is 0 Å². The number of ether oxygens (including phenoxy) is 1. The maximum atomic E-state index is 11.1.